The number of hydrogen-bond donors (Lipinski definition) is 2. The van der Waals surface area contributed by atoms with Gasteiger partial charge in [0.2, 0.25) is 11.8 Å². The number of rotatable bonds is 8. The van der Waals surface area contributed by atoms with Gasteiger partial charge in [-0.15, -0.1) is 0 Å². The van der Waals surface area contributed by atoms with Gasteiger partial charge < -0.3 is 19.9 Å². The molecule has 3 aromatic carbocycles. The first-order valence-corrected chi connectivity index (χ1v) is 17.9. The summed E-state index contributed by atoms with van der Waals surface area (Å²) < 4.78 is 7.78. The molecule has 2 N–H and O–H groups in total. The van der Waals surface area contributed by atoms with Crippen molar-refractivity contribution >= 4 is 56.8 Å². The second-order valence-electron chi connectivity index (χ2n) is 13.5. The maximum Gasteiger partial charge on any atom is 0.282 e. The number of ether oxygens (including phenoxy) is 1. The van der Waals surface area contributed by atoms with Crippen LogP contribution < -0.4 is 25.8 Å². The van der Waals surface area contributed by atoms with E-state index in [-0.39, 0.29) is 53.1 Å². The number of amides is 5. The van der Waals surface area contributed by atoms with Gasteiger partial charge in [-0.3, -0.25) is 39.0 Å². The topological polar surface area (TPSA) is 163 Å². The van der Waals surface area contributed by atoms with Crippen molar-refractivity contribution in [1.82, 2.24) is 24.9 Å². The number of fused-ring (bicyclic) bond motifs is 1. The maximum atomic E-state index is 13.5. The Labute approximate surface area is 312 Å². The average molecular weight is 783 g/mol. The molecule has 272 valence electrons. The lowest BCUT2D eigenvalue weighted by Gasteiger charge is -2.37. The highest BCUT2D eigenvalue weighted by atomic mass is 79.9. The van der Waals surface area contributed by atoms with Crippen LogP contribution in [-0.2, 0) is 16.6 Å². The van der Waals surface area contributed by atoms with Crippen LogP contribution in [0.1, 0.15) is 61.8 Å². The predicted octanol–water partition coefficient (Wildman–Crippen LogP) is 3.91. The van der Waals surface area contributed by atoms with E-state index in [4.69, 9.17) is 4.74 Å². The third-order valence-electron chi connectivity index (χ3n) is 9.89. The molecule has 2 saturated heterocycles. The van der Waals surface area contributed by atoms with E-state index in [1.165, 1.54) is 15.6 Å². The first-order chi connectivity index (χ1) is 25.4. The Morgan fingerprint density at radius 1 is 0.962 bits per heavy atom. The summed E-state index contributed by atoms with van der Waals surface area (Å²) in [5, 5.41) is 9.80. The normalized spacial score (nSPS) is 20.2. The smallest absolute Gasteiger partial charge is 0.282 e. The van der Waals surface area contributed by atoms with E-state index < -0.39 is 29.7 Å². The molecule has 2 fully saturated rings. The highest BCUT2D eigenvalue weighted by Gasteiger charge is 2.46. The molecular formula is C38H36BrN7O7. The van der Waals surface area contributed by atoms with E-state index in [0.717, 1.165) is 30.0 Å². The summed E-state index contributed by atoms with van der Waals surface area (Å²) in [7, 11) is 5.35. The molecule has 3 aliphatic heterocycles. The SMILES string of the molecule is CN1CC(Nc2cnn(C)c(=O)c2Br)CC(c2ccc(C(=O)N(C)c3ccc(Oc4cccc5c4C(=O)N(C4CCC(=O)NC4=O)C5=O)cc3)cc2)C1. The van der Waals surface area contributed by atoms with Crippen LogP contribution in [-0.4, -0.2) is 88.4 Å². The Hall–Kier alpha value is -5.67. The molecule has 0 radical (unpaired) electrons. The van der Waals surface area contributed by atoms with Crippen molar-refractivity contribution in [2.75, 3.05) is 37.4 Å². The van der Waals surface area contributed by atoms with Crippen LogP contribution in [0.25, 0.3) is 0 Å². The van der Waals surface area contributed by atoms with Gasteiger partial charge in [0.05, 0.1) is 23.0 Å². The summed E-state index contributed by atoms with van der Waals surface area (Å²) in [6, 6.07) is 18.0. The van der Waals surface area contributed by atoms with Crippen molar-refractivity contribution in [2.45, 2.75) is 37.3 Å². The van der Waals surface area contributed by atoms with Crippen LogP contribution in [0.5, 0.6) is 11.5 Å². The van der Waals surface area contributed by atoms with Gasteiger partial charge in [0, 0.05) is 50.9 Å². The summed E-state index contributed by atoms with van der Waals surface area (Å²) in [5.41, 5.74) is 2.85. The molecular weight excluding hydrogens is 746 g/mol. The molecule has 1 aromatic heterocycles. The van der Waals surface area contributed by atoms with E-state index >= 15 is 0 Å². The molecule has 5 amide bonds. The van der Waals surface area contributed by atoms with Crippen molar-refractivity contribution < 1.29 is 28.7 Å². The Morgan fingerprint density at radius 3 is 2.42 bits per heavy atom. The van der Waals surface area contributed by atoms with Gasteiger partial charge in [0.15, 0.2) is 0 Å². The van der Waals surface area contributed by atoms with Gasteiger partial charge in [-0.05, 0) is 95.8 Å². The number of benzene rings is 3. The fourth-order valence-corrected chi connectivity index (χ4v) is 7.61. The number of imide groups is 2. The predicted molar refractivity (Wildman–Crippen MR) is 198 cm³/mol. The summed E-state index contributed by atoms with van der Waals surface area (Å²) in [6.45, 7) is 1.65. The molecule has 3 aliphatic rings. The van der Waals surface area contributed by atoms with Crippen LogP contribution in [0, 0.1) is 0 Å². The summed E-state index contributed by atoms with van der Waals surface area (Å²) in [5.74, 6) is -1.89. The number of nitrogens with zero attached hydrogens (tertiary/aromatic N) is 5. The second-order valence-corrected chi connectivity index (χ2v) is 14.3. The third kappa shape index (κ3) is 6.97. The number of hydrogen-bond acceptors (Lipinski definition) is 10. The molecule has 0 saturated carbocycles. The zero-order valence-corrected chi connectivity index (χ0v) is 30.8. The number of likely N-dealkylation sites (tertiary alicyclic amines) is 1. The fraction of sp³-hybridized carbons (Fsp3) is 0.289. The molecule has 4 heterocycles. The zero-order valence-electron chi connectivity index (χ0n) is 29.2. The van der Waals surface area contributed by atoms with Crippen LogP contribution in [0.3, 0.4) is 0 Å². The van der Waals surface area contributed by atoms with Crippen LogP contribution >= 0.6 is 15.9 Å². The van der Waals surface area contributed by atoms with Gasteiger partial charge in [-0.1, -0.05) is 18.2 Å². The van der Waals surface area contributed by atoms with Crippen molar-refractivity contribution in [3.63, 3.8) is 0 Å². The highest BCUT2D eigenvalue weighted by molar-refractivity contribution is 9.10. The number of carbonyl (C=O) groups is 5. The minimum absolute atomic E-state index is 0.0243. The molecule has 3 atom stereocenters. The Bertz CT molecular complexity index is 2210. The molecule has 3 unspecified atom stereocenters. The van der Waals surface area contributed by atoms with Crippen molar-refractivity contribution in [3.8, 4) is 11.5 Å². The first-order valence-electron chi connectivity index (χ1n) is 17.1. The lowest BCUT2D eigenvalue weighted by Crippen LogP contribution is -2.54. The number of halogens is 1. The highest BCUT2D eigenvalue weighted by Crippen LogP contribution is 2.36. The van der Waals surface area contributed by atoms with Crippen molar-refractivity contribution in [3.05, 3.63) is 110 Å². The number of likely N-dealkylation sites (N-methyl/N-ethyl adjacent to an activating group) is 1. The number of piperidine rings is 2. The average Bonchev–Trinajstić information content (AvgIpc) is 3.40. The molecule has 53 heavy (non-hydrogen) atoms. The minimum Gasteiger partial charge on any atom is -0.457 e. The summed E-state index contributed by atoms with van der Waals surface area (Å²) >= 11 is 3.40. The molecule has 4 aromatic rings. The molecule has 14 nitrogen and oxygen atoms in total. The standard InChI is InChI=1S/C38H36BrN7O7/c1-43-19-23(17-24(20-43)41-28-18-40-45(3)38(52)33(28)39)21-7-9-22(10-8-21)35(49)44(2)25-11-13-26(14-12-25)53-30-6-4-5-27-32(30)37(51)46(36(27)50)29-15-16-31(47)42-34(29)48/h4-14,18,23-24,29,41H,15-17,19-20H2,1-3H3,(H,42,47,48). The van der Waals surface area contributed by atoms with E-state index in [0.29, 0.717) is 27.2 Å². The zero-order chi connectivity index (χ0) is 37.6. The number of carbonyl (C=O) groups excluding carboxylic acids is 5. The largest absolute Gasteiger partial charge is 0.457 e. The number of aromatic nitrogens is 2. The Kier molecular flexibility index (Phi) is 9.70. The molecule has 0 bridgehead atoms. The monoisotopic (exact) mass is 781 g/mol. The number of aryl methyl sites for hydroxylation is 1. The van der Waals surface area contributed by atoms with Gasteiger partial charge in [0.1, 0.15) is 22.0 Å². The van der Waals surface area contributed by atoms with Gasteiger partial charge >= 0.3 is 0 Å². The van der Waals surface area contributed by atoms with E-state index in [9.17, 15) is 28.8 Å². The van der Waals surface area contributed by atoms with Crippen molar-refractivity contribution in [2.24, 2.45) is 7.05 Å². The lowest BCUT2D eigenvalue weighted by molar-refractivity contribution is -0.136. The van der Waals surface area contributed by atoms with Crippen LogP contribution in [0.15, 0.2) is 82.2 Å². The molecule has 0 aliphatic carbocycles. The van der Waals surface area contributed by atoms with E-state index in [1.807, 2.05) is 24.3 Å². The van der Waals surface area contributed by atoms with Crippen LogP contribution in [0.4, 0.5) is 11.4 Å². The fourth-order valence-electron chi connectivity index (χ4n) is 7.14. The van der Waals surface area contributed by atoms with Gasteiger partial charge in [-0.25, -0.2) is 4.68 Å². The van der Waals surface area contributed by atoms with E-state index in [2.05, 4.69) is 43.6 Å². The van der Waals surface area contributed by atoms with E-state index in [1.54, 1.807) is 56.7 Å². The lowest BCUT2D eigenvalue weighted by atomic mass is 9.87. The molecule has 15 heteroatoms. The van der Waals surface area contributed by atoms with Gasteiger partial charge in [0.25, 0.3) is 23.3 Å². The van der Waals surface area contributed by atoms with Gasteiger partial charge in [-0.2, -0.15) is 5.10 Å². The quantitative estimate of drug-likeness (QED) is 0.251. The Morgan fingerprint density at radius 2 is 1.70 bits per heavy atom. The van der Waals surface area contributed by atoms with Crippen LogP contribution in [0.2, 0.25) is 0 Å². The van der Waals surface area contributed by atoms with Crippen molar-refractivity contribution in [1.29, 1.82) is 0 Å². The third-order valence-corrected chi connectivity index (χ3v) is 10.7. The maximum absolute atomic E-state index is 13.5. The second kappa shape index (κ2) is 14.4. The first kappa shape index (κ1) is 35.7. The number of nitrogens with one attached hydrogen (secondary N) is 2. The Balaban J connectivity index is 0.999. The summed E-state index contributed by atoms with van der Waals surface area (Å²) in [4.78, 5) is 81.2. The summed E-state index contributed by atoms with van der Waals surface area (Å²) in [6.07, 6.45) is 2.56. The molecule has 0 spiro atoms. The minimum atomic E-state index is -1.08. The molecule has 7 rings (SSSR count). The number of anilines is 2.